The molecule has 1 aliphatic rings. The molecule has 0 spiro atoms. The molecule has 1 aliphatic heterocycles. The van der Waals surface area contributed by atoms with Gasteiger partial charge in [0.05, 0.1) is 12.3 Å². The van der Waals surface area contributed by atoms with Crippen molar-refractivity contribution in [2.24, 2.45) is 11.8 Å². The Morgan fingerprint density at radius 2 is 1.79 bits per heavy atom. The Hall–Kier alpha value is -1.40. The monoisotopic (exact) mass is 352 g/mol. The molecule has 0 aromatic heterocycles. The summed E-state index contributed by atoms with van der Waals surface area (Å²) in [6.07, 6.45) is 2.38. The molecule has 134 valence electrons. The highest BCUT2D eigenvalue weighted by Crippen LogP contribution is 2.26. The van der Waals surface area contributed by atoms with Crippen LogP contribution in [0.25, 0.3) is 0 Å². The number of aryl methyl sites for hydroxylation is 1. The molecular weight excluding hydrogens is 324 g/mol. The molecule has 1 aromatic carbocycles. The number of carbonyl (C=O) groups is 1. The van der Waals surface area contributed by atoms with Crippen LogP contribution in [0, 0.1) is 18.8 Å². The van der Waals surface area contributed by atoms with E-state index < -0.39 is 10.0 Å². The second-order valence-corrected chi connectivity index (χ2v) is 9.01. The second-order valence-electron chi connectivity index (χ2n) is 7.02. The van der Waals surface area contributed by atoms with E-state index in [1.165, 1.54) is 16.1 Å². The topological polar surface area (TPSA) is 66.5 Å². The molecule has 1 fully saturated rings. The molecule has 1 heterocycles. The summed E-state index contributed by atoms with van der Waals surface area (Å²) in [6, 6.07) is 8.09. The molecule has 1 N–H and O–H groups in total. The van der Waals surface area contributed by atoms with Crippen LogP contribution in [0.1, 0.15) is 43.9 Å². The zero-order chi connectivity index (χ0) is 17.9. The summed E-state index contributed by atoms with van der Waals surface area (Å²) in [5.74, 6) is 0.199. The summed E-state index contributed by atoms with van der Waals surface area (Å²) in [5.41, 5.74) is 2.32. The van der Waals surface area contributed by atoms with E-state index in [0.717, 1.165) is 5.56 Å². The zero-order valence-electron chi connectivity index (χ0n) is 15.0. The largest absolute Gasteiger partial charge is 0.349 e. The summed E-state index contributed by atoms with van der Waals surface area (Å²) in [7, 11) is -3.16. The van der Waals surface area contributed by atoms with Crippen LogP contribution in [0.2, 0.25) is 0 Å². The standard InChI is InChI=1S/C18H28N2O3S/c1-13(2)17(16-8-6-5-7-14(16)3)19-18(21)15-9-11-20(12-10-15)24(4,22)23/h5-8,13,15,17H,9-12H2,1-4H3,(H,19,21). The van der Waals surface area contributed by atoms with Gasteiger partial charge in [-0.05, 0) is 36.8 Å². The fourth-order valence-corrected chi connectivity index (χ4v) is 4.13. The van der Waals surface area contributed by atoms with Crippen molar-refractivity contribution in [1.29, 1.82) is 0 Å². The highest BCUT2D eigenvalue weighted by atomic mass is 32.2. The quantitative estimate of drug-likeness (QED) is 0.885. The van der Waals surface area contributed by atoms with E-state index in [4.69, 9.17) is 0 Å². The van der Waals surface area contributed by atoms with Gasteiger partial charge in [0.2, 0.25) is 15.9 Å². The number of carbonyl (C=O) groups excluding carboxylic acids is 1. The van der Waals surface area contributed by atoms with Gasteiger partial charge in [-0.1, -0.05) is 38.1 Å². The number of sulfonamides is 1. The lowest BCUT2D eigenvalue weighted by molar-refractivity contribution is -0.127. The van der Waals surface area contributed by atoms with E-state index in [1.54, 1.807) is 0 Å². The summed E-state index contributed by atoms with van der Waals surface area (Å²) < 4.78 is 24.6. The SMILES string of the molecule is Cc1ccccc1C(NC(=O)C1CCN(S(C)(=O)=O)CC1)C(C)C. The zero-order valence-corrected chi connectivity index (χ0v) is 15.8. The van der Waals surface area contributed by atoms with Gasteiger partial charge in [-0.3, -0.25) is 4.79 Å². The Bertz CT molecular complexity index is 677. The Balaban J connectivity index is 2.04. The molecule has 1 aromatic rings. The maximum atomic E-state index is 12.7. The van der Waals surface area contributed by atoms with E-state index >= 15 is 0 Å². The van der Waals surface area contributed by atoms with Gasteiger partial charge in [0, 0.05) is 19.0 Å². The normalized spacial score (nSPS) is 18.5. The lowest BCUT2D eigenvalue weighted by atomic mass is 9.90. The predicted octanol–water partition coefficient (Wildman–Crippen LogP) is 2.48. The maximum Gasteiger partial charge on any atom is 0.223 e. The van der Waals surface area contributed by atoms with E-state index in [0.29, 0.717) is 25.9 Å². The van der Waals surface area contributed by atoms with E-state index in [1.807, 2.05) is 12.1 Å². The average molecular weight is 353 g/mol. The van der Waals surface area contributed by atoms with Crippen LogP contribution >= 0.6 is 0 Å². The first-order valence-corrected chi connectivity index (χ1v) is 10.4. The number of hydrogen-bond acceptors (Lipinski definition) is 3. The number of rotatable bonds is 5. The van der Waals surface area contributed by atoms with Crippen LogP contribution in [0.5, 0.6) is 0 Å². The van der Waals surface area contributed by atoms with E-state index in [-0.39, 0.29) is 23.8 Å². The molecule has 1 atom stereocenters. The summed E-state index contributed by atoms with van der Waals surface area (Å²) in [6.45, 7) is 7.11. The molecule has 5 nitrogen and oxygen atoms in total. The number of amides is 1. The molecule has 0 bridgehead atoms. The molecule has 1 amide bonds. The molecule has 1 saturated heterocycles. The Labute approximate surface area is 145 Å². The molecule has 0 aliphatic carbocycles. The van der Waals surface area contributed by atoms with Crippen LogP contribution in [-0.4, -0.2) is 38.0 Å². The van der Waals surface area contributed by atoms with Gasteiger partial charge in [-0.25, -0.2) is 12.7 Å². The van der Waals surface area contributed by atoms with Gasteiger partial charge in [0.15, 0.2) is 0 Å². The van der Waals surface area contributed by atoms with Gasteiger partial charge >= 0.3 is 0 Å². The average Bonchev–Trinajstić information content (AvgIpc) is 2.52. The lowest BCUT2D eigenvalue weighted by Gasteiger charge is -2.32. The number of piperidine rings is 1. The van der Waals surface area contributed by atoms with Crippen LogP contribution in [0.3, 0.4) is 0 Å². The van der Waals surface area contributed by atoms with Crippen molar-refractivity contribution in [1.82, 2.24) is 9.62 Å². The number of nitrogens with one attached hydrogen (secondary N) is 1. The maximum absolute atomic E-state index is 12.7. The van der Waals surface area contributed by atoms with Crippen molar-refractivity contribution >= 4 is 15.9 Å². The number of nitrogens with zero attached hydrogens (tertiary/aromatic N) is 1. The van der Waals surface area contributed by atoms with E-state index in [9.17, 15) is 13.2 Å². The van der Waals surface area contributed by atoms with E-state index in [2.05, 4.69) is 38.2 Å². The third kappa shape index (κ3) is 4.57. The Morgan fingerprint density at radius 3 is 2.29 bits per heavy atom. The molecule has 6 heteroatoms. The summed E-state index contributed by atoms with van der Waals surface area (Å²) in [5, 5.41) is 3.19. The third-order valence-corrected chi connectivity index (χ3v) is 6.08. The molecule has 0 saturated carbocycles. The highest BCUT2D eigenvalue weighted by molar-refractivity contribution is 7.88. The molecule has 24 heavy (non-hydrogen) atoms. The lowest BCUT2D eigenvalue weighted by Crippen LogP contribution is -2.44. The Kier molecular flexibility index (Phi) is 6.04. The highest BCUT2D eigenvalue weighted by Gasteiger charge is 2.30. The van der Waals surface area contributed by atoms with Gasteiger partial charge in [-0.2, -0.15) is 0 Å². The van der Waals surface area contributed by atoms with Crippen LogP contribution in [0.15, 0.2) is 24.3 Å². The molecular formula is C18H28N2O3S. The van der Waals surface area contributed by atoms with Crippen LogP contribution < -0.4 is 5.32 Å². The minimum atomic E-state index is -3.16. The van der Waals surface area contributed by atoms with Gasteiger partial charge < -0.3 is 5.32 Å². The van der Waals surface area contributed by atoms with Crippen molar-refractivity contribution in [2.45, 2.75) is 39.7 Å². The first kappa shape index (κ1) is 18.9. The minimum Gasteiger partial charge on any atom is -0.349 e. The minimum absolute atomic E-state index is 0.0216. The smallest absolute Gasteiger partial charge is 0.223 e. The molecule has 0 radical (unpaired) electrons. The Morgan fingerprint density at radius 1 is 1.21 bits per heavy atom. The fourth-order valence-electron chi connectivity index (χ4n) is 3.26. The number of benzene rings is 1. The second kappa shape index (κ2) is 7.66. The summed E-state index contributed by atoms with van der Waals surface area (Å²) >= 11 is 0. The van der Waals surface area contributed by atoms with Crippen molar-refractivity contribution in [3.05, 3.63) is 35.4 Å². The molecule has 1 unspecified atom stereocenters. The van der Waals surface area contributed by atoms with Crippen LogP contribution in [-0.2, 0) is 14.8 Å². The third-order valence-electron chi connectivity index (χ3n) is 4.78. The van der Waals surface area contributed by atoms with Gasteiger partial charge in [0.1, 0.15) is 0 Å². The first-order valence-electron chi connectivity index (χ1n) is 8.51. The van der Waals surface area contributed by atoms with Crippen LogP contribution in [0.4, 0.5) is 0 Å². The van der Waals surface area contributed by atoms with Gasteiger partial charge in [-0.15, -0.1) is 0 Å². The predicted molar refractivity (Wildman–Crippen MR) is 96.0 cm³/mol. The van der Waals surface area contributed by atoms with Crippen molar-refractivity contribution in [3.8, 4) is 0 Å². The van der Waals surface area contributed by atoms with Crippen molar-refractivity contribution in [2.75, 3.05) is 19.3 Å². The van der Waals surface area contributed by atoms with Crippen molar-refractivity contribution < 1.29 is 13.2 Å². The van der Waals surface area contributed by atoms with Crippen molar-refractivity contribution in [3.63, 3.8) is 0 Å². The van der Waals surface area contributed by atoms with Gasteiger partial charge in [0.25, 0.3) is 0 Å². The number of hydrogen-bond donors (Lipinski definition) is 1. The first-order chi connectivity index (χ1) is 11.2. The summed E-state index contributed by atoms with van der Waals surface area (Å²) in [4.78, 5) is 12.7. The molecule has 2 rings (SSSR count). The fraction of sp³-hybridized carbons (Fsp3) is 0.611.